The Balaban J connectivity index is 2.13. The number of anilines is 1. The largest absolute Gasteiger partial charge is 0.481 e. The summed E-state index contributed by atoms with van der Waals surface area (Å²) in [6.07, 6.45) is 1.07. The third-order valence-corrected chi connectivity index (χ3v) is 3.59. The van der Waals surface area contributed by atoms with Crippen molar-refractivity contribution in [2.45, 2.75) is 25.3 Å². The molecule has 21 heavy (non-hydrogen) atoms. The smallest absolute Gasteiger partial charge is 0.322 e. The number of likely N-dealkylation sites (tertiary alicyclic amines) is 1. The summed E-state index contributed by atoms with van der Waals surface area (Å²) in [6.45, 7) is 0.379. The van der Waals surface area contributed by atoms with E-state index in [1.54, 1.807) is 0 Å². The van der Waals surface area contributed by atoms with E-state index in [0.717, 1.165) is 6.07 Å². The molecule has 0 aromatic heterocycles. The van der Waals surface area contributed by atoms with Gasteiger partial charge in [0.05, 0.1) is 17.1 Å². The third kappa shape index (κ3) is 3.60. The van der Waals surface area contributed by atoms with E-state index in [-0.39, 0.29) is 17.1 Å². The summed E-state index contributed by atoms with van der Waals surface area (Å²) in [7, 11) is 0. The van der Waals surface area contributed by atoms with Crippen molar-refractivity contribution in [3.63, 3.8) is 0 Å². The Kier molecular flexibility index (Phi) is 4.62. The quantitative estimate of drug-likeness (QED) is 0.899. The van der Waals surface area contributed by atoms with E-state index in [4.69, 9.17) is 16.7 Å². The zero-order valence-electron chi connectivity index (χ0n) is 10.9. The van der Waals surface area contributed by atoms with Gasteiger partial charge in [0, 0.05) is 18.7 Å². The molecule has 1 aromatic carbocycles. The SMILES string of the molecule is O=C(O)CC1CCCN1C(=O)Nc1c(F)cc(F)cc1Cl. The molecule has 0 bridgehead atoms. The van der Waals surface area contributed by atoms with Gasteiger partial charge in [0.2, 0.25) is 0 Å². The topological polar surface area (TPSA) is 69.6 Å². The fraction of sp³-hybridized carbons (Fsp3) is 0.385. The van der Waals surface area contributed by atoms with Crippen molar-refractivity contribution in [1.82, 2.24) is 4.90 Å². The van der Waals surface area contributed by atoms with Crippen LogP contribution in [0.5, 0.6) is 0 Å². The van der Waals surface area contributed by atoms with E-state index in [2.05, 4.69) is 5.32 Å². The number of carbonyl (C=O) groups is 2. The molecular formula is C13H13ClF2N2O3. The Bertz CT molecular complexity index is 560. The molecule has 5 nitrogen and oxygen atoms in total. The van der Waals surface area contributed by atoms with Gasteiger partial charge in [-0.3, -0.25) is 4.79 Å². The van der Waals surface area contributed by atoms with Gasteiger partial charge in [-0.05, 0) is 18.9 Å². The molecule has 1 aliphatic heterocycles. The minimum absolute atomic E-state index is 0.174. The van der Waals surface area contributed by atoms with Crippen LogP contribution < -0.4 is 5.32 Å². The molecule has 2 rings (SSSR count). The standard InChI is InChI=1S/C13H13ClF2N2O3/c14-9-4-7(15)5-10(16)12(9)17-13(21)18-3-1-2-8(18)6-11(19)20/h4-5,8H,1-3,6H2,(H,17,21)(H,19,20). The van der Waals surface area contributed by atoms with Gasteiger partial charge in [-0.15, -0.1) is 0 Å². The zero-order chi connectivity index (χ0) is 15.6. The molecule has 1 heterocycles. The number of carboxylic acids is 1. The van der Waals surface area contributed by atoms with Crippen molar-refractivity contribution in [1.29, 1.82) is 0 Å². The summed E-state index contributed by atoms with van der Waals surface area (Å²) < 4.78 is 26.6. The van der Waals surface area contributed by atoms with E-state index in [9.17, 15) is 18.4 Å². The molecule has 1 atom stereocenters. The monoisotopic (exact) mass is 318 g/mol. The van der Waals surface area contributed by atoms with Gasteiger partial charge in [-0.2, -0.15) is 0 Å². The number of nitrogens with zero attached hydrogens (tertiary/aromatic N) is 1. The molecule has 0 radical (unpaired) electrons. The molecule has 0 saturated carbocycles. The van der Waals surface area contributed by atoms with Gasteiger partial charge in [0.15, 0.2) is 5.82 Å². The maximum absolute atomic E-state index is 13.6. The lowest BCUT2D eigenvalue weighted by atomic mass is 10.1. The Labute approximate surface area is 124 Å². The first-order chi connectivity index (χ1) is 9.88. The predicted molar refractivity (Wildman–Crippen MR) is 72.4 cm³/mol. The number of rotatable bonds is 3. The van der Waals surface area contributed by atoms with E-state index < -0.39 is 29.7 Å². The summed E-state index contributed by atoms with van der Waals surface area (Å²) in [6, 6.07) is 0.412. The normalized spacial score (nSPS) is 17.9. The van der Waals surface area contributed by atoms with Crippen molar-refractivity contribution in [2.75, 3.05) is 11.9 Å². The number of carboxylic acid groups (broad SMARTS) is 1. The average molecular weight is 319 g/mol. The van der Waals surface area contributed by atoms with Gasteiger partial charge in [-0.25, -0.2) is 13.6 Å². The fourth-order valence-electron chi connectivity index (χ4n) is 2.36. The van der Waals surface area contributed by atoms with Crippen LogP contribution in [-0.4, -0.2) is 34.6 Å². The first kappa shape index (κ1) is 15.5. The van der Waals surface area contributed by atoms with Crippen LogP contribution >= 0.6 is 11.6 Å². The molecule has 2 amide bonds. The van der Waals surface area contributed by atoms with E-state index in [1.807, 2.05) is 0 Å². The average Bonchev–Trinajstić information content (AvgIpc) is 2.80. The summed E-state index contributed by atoms with van der Waals surface area (Å²) >= 11 is 5.70. The Hall–Kier alpha value is -1.89. The number of halogens is 3. The van der Waals surface area contributed by atoms with E-state index in [0.29, 0.717) is 25.5 Å². The summed E-state index contributed by atoms with van der Waals surface area (Å²) in [5.74, 6) is -2.84. The minimum atomic E-state index is -1.01. The number of hydrogen-bond acceptors (Lipinski definition) is 2. The minimum Gasteiger partial charge on any atom is -0.481 e. The number of aliphatic carboxylic acids is 1. The van der Waals surface area contributed by atoms with Crippen LogP contribution in [-0.2, 0) is 4.79 Å². The highest BCUT2D eigenvalue weighted by molar-refractivity contribution is 6.33. The highest BCUT2D eigenvalue weighted by Crippen LogP contribution is 2.28. The van der Waals surface area contributed by atoms with Crippen LogP contribution in [0.15, 0.2) is 12.1 Å². The number of nitrogens with one attached hydrogen (secondary N) is 1. The zero-order valence-corrected chi connectivity index (χ0v) is 11.7. The number of benzene rings is 1. The maximum Gasteiger partial charge on any atom is 0.322 e. The van der Waals surface area contributed by atoms with Crippen LogP contribution in [0.25, 0.3) is 0 Å². The van der Waals surface area contributed by atoms with Crippen LogP contribution in [0.4, 0.5) is 19.3 Å². The molecule has 0 aliphatic carbocycles. The Morgan fingerprint density at radius 3 is 2.76 bits per heavy atom. The molecule has 1 unspecified atom stereocenters. The second kappa shape index (κ2) is 6.26. The lowest BCUT2D eigenvalue weighted by molar-refractivity contribution is -0.137. The molecule has 0 spiro atoms. The molecule has 1 saturated heterocycles. The van der Waals surface area contributed by atoms with Gasteiger partial charge in [0.1, 0.15) is 5.82 Å². The first-order valence-electron chi connectivity index (χ1n) is 6.32. The molecule has 1 aromatic rings. The maximum atomic E-state index is 13.6. The van der Waals surface area contributed by atoms with Crippen LogP contribution in [0.3, 0.4) is 0 Å². The first-order valence-corrected chi connectivity index (χ1v) is 6.70. The molecule has 1 aliphatic rings. The van der Waals surface area contributed by atoms with Crippen LogP contribution in [0, 0.1) is 11.6 Å². The summed E-state index contributed by atoms with van der Waals surface area (Å²) in [5.41, 5.74) is -0.316. The Morgan fingerprint density at radius 2 is 2.14 bits per heavy atom. The summed E-state index contributed by atoms with van der Waals surface area (Å²) in [5, 5.41) is 10.8. The van der Waals surface area contributed by atoms with Crippen molar-refractivity contribution in [2.24, 2.45) is 0 Å². The van der Waals surface area contributed by atoms with E-state index in [1.165, 1.54) is 4.90 Å². The lowest BCUT2D eigenvalue weighted by Gasteiger charge is -2.24. The van der Waals surface area contributed by atoms with Crippen molar-refractivity contribution in [3.05, 3.63) is 28.8 Å². The second-order valence-corrected chi connectivity index (χ2v) is 5.17. The van der Waals surface area contributed by atoms with Crippen LogP contribution in [0.2, 0.25) is 5.02 Å². The number of urea groups is 1. The highest BCUT2D eigenvalue weighted by atomic mass is 35.5. The van der Waals surface area contributed by atoms with Gasteiger partial charge in [-0.1, -0.05) is 11.6 Å². The van der Waals surface area contributed by atoms with Gasteiger partial charge >= 0.3 is 12.0 Å². The molecule has 1 fully saturated rings. The molecule has 2 N–H and O–H groups in total. The number of amides is 2. The third-order valence-electron chi connectivity index (χ3n) is 3.29. The fourth-order valence-corrected chi connectivity index (χ4v) is 2.60. The molecular weight excluding hydrogens is 306 g/mol. The predicted octanol–water partition coefficient (Wildman–Crippen LogP) is 3.09. The Morgan fingerprint density at radius 1 is 1.43 bits per heavy atom. The highest BCUT2D eigenvalue weighted by Gasteiger charge is 2.31. The van der Waals surface area contributed by atoms with Gasteiger partial charge in [0.25, 0.3) is 0 Å². The molecule has 114 valence electrons. The van der Waals surface area contributed by atoms with Gasteiger partial charge < -0.3 is 15.3 Å². The summed E-state index contributed by atoms with van der Waals surface area (Å²) in [4.78, 5) is 24.2. The lowest BCUT2D eigenvalue weighted by Crippen LogP contribution is -2.40. The second-order valence-electron chi connectivity index (χ2n) is 4.76. The number of carbonyl (C=O) groups excluding carboxylic acids is 1. The van der Waals surface area contributed by atoms with E-state index >= 15 is 0 Å². The van der Waals surface area contributed by atoms with Crippen molar-refractivity contribution in [3.8, 4) is 0 Å². The number of hydrogen-bond donors (Lipinski definition) is 2. The molecule has 8 heteroatoms. The van der Waals surface area contributed by atoms with Crippen molar-refractivity contribution >= 4 is 29.3 Å². The van der Waals surface area contributed by atoms with Crippen LogP contribution in [0.1, 0.15) is 19.3 Å². The van der Waals surface area contributed by atoms with Crippen molar-refractivity contribution < 1.29 is 23.5 Å².